The Kier molecular flexibility index (Phi) is 4.02. The van der Waals surface area contributed by atoms with Gasteiger partial charge in [-0.15, -0.1) is 0 Å². The molecule has 0 radical (unpaired) electrons. The molecule has 22 heavy (non-hydrogen) atoms. The summed E-state index contributed by atoms with van der Waals surface area (Å²) in [7, 11) is 0. The zero-order valence-electron chi connectivity index (χ0n) is 13.0. The molecular formula is C20H22O2. The van der Waals surface area contributed by atoms with Crippen LogP contribution < -0.4 is 0 Å². The van der Waals surface area contributed by atoms with Crippen LogP contribution in [-0.2, 0) is 5.41 Å². The third kappa shape index (κ3) is 2.78. The van der Waals surface area contributed by atoms with Crippen LogP contribution in [0.3, 0.4) is 0 Å². The van der Waals surface area contributed by atoms with Crippen LogP contribution in [0.25, 0.3) is 11.1 Å². The Hall–Kier alpha value is -2.09. The zero-order valence-corrected chi connectivity index (χ0v) is 13.0. The fraction of sp³-hybridized carbons (Fsp3) is 0.350. The van der Waals surface area contributed by atoms with Gasteiger partial charge < -0.3 is 5.11 Å². The number of aldehydes is 1. The Labute approximate surface area is 131 Å². The van der Waals surface area contributed by atoms with Crippen LogP contribution in [0, 0.1) is 0 Å². The molecule has 0 saturated heterocycles. The van der Waals surface area contributed by atoms with Gasteiger partial charge in [-0.25, -0.2) is 0 Å². The molecule has 2 heteroatoms. The number of phenols is 1. The lowest BCUT2D eigenvalue weighted by Gasteiger charge is -2.34. The molecule has 0 amide bonds. The second kappa shape index (κ2) is 5.96. The average Bonchev–Trinajstić information content (AvgIpc) is 2.56. The molecule has 1 fully saturated rings. The van der Waals surface area contributed by atoms with Gasteiger partial charge in [0, 0.05) is 11.1 Å². The summed E-state index contributed by atoms with van der Waals surface area (Å²) in [5, 5.41) is 10.3. The molecule has 0 spiro atoms. The molecule has 114 valence electrons. The first kappa shape index (κ1) is 14.8. The number of hydrogen-bond acceptors (Lipinski definition) is 2. The third-order valence-electron chi connectivity index (χ3n) is 4.96. The zero-order chi connectivity index (χ0) is 15.6. The minimum atomic E-state index is 0.0562. The molecule has 1 N–H and O–H groups in total. The third-order valence-corrected chi connectivity index (χ3v) is 4.96. The molecule has 1 aliphatic rings. The van der Waals surface area contributed by atoms with Crippen molar-refractivity contribution in [2.75, 3.05) is 0 Å². The van der Waals surface area contributed by atoms with Gasteiger partial charge in [0.05, 0.1) is 0 Å². The Bertz CT molecular complexity index is 682. The number of rotatable bonds is 3. The lowest BCUT2D eigenvalue weighted by molar-refractivity contribution is 0.112. The van der Waals surface area contributed by atoms with E-state index in [0.717, 1.165) is 35.8 Å². The number of carbonyl (C=O) groups excluding carboxylic acids is 1. The average molecular weight is 294 g/mol. The molecule has 0 atom stereocenters. The van der Waals surface area contributed by atoms with Crippen LogP contribution in [0.15, 0.2) is 42.5 Å². The fourth-order valence-electron chi connectivity index (χ4n) is 3.59. The maximum absolute atomic E-state index is 11.0. The Morgan fingerprint density at radius 2 is 1.73 bits per heavy atom. The molecule has 2 aromatic carbocycles. The lowest BCUT2D eigenvalue weighted by Crippen LogP contribution is -2.25. The Morgan fingerprint density at radius 1 is 1.00 bits per heavy atom. The first-order valence-electron chi connectivity index (χ1n) is 8.01. The molecule has 0 heterocycles. The van der Waals surface area contributed by atoms with Crippen LogP contribution in [-0.4, -0.2) is 11.4 Å². The van der Waals surface area contributed by atoms with Gasteiger partial charge in [-0.1, -0.05) is 50.5 Å². The monoisotopic (exact) mass is 294 g/mol. The summed E-state index contributed by atoms with van der Waals surface area (Å²) in [6.45, 7) is 2.26. The van der Waals surface area contributed by atoms with E-state index in [1.807, 2.05) is 24.3 Å². The summed E-state index contributed by atoms with van der Waals surface area (Å²) < 4.78 is 0. The molecular weight excluding hydrogens is 272 g/mol. The standard InChI is InChI=1S/C20H22O2/c1-20(10-3-2-4-11-20)18-13-17(8-9-19(18)22)16-7-5-6-15(12-16)14-21/h5-9,12-14,22H,2-4,10-11H2,1H3. The summed E-state index contributed by atoms with van der Waals surface area (Å²) in [6, 6.07) is 13.4. The van der Waals surface area contributed by atoms with E-state index in [4.69, 9.17) is 0 Å². The molecule has 0 unspecified atom stereocenters. The van der Waals surface area contributed by atoms with Crippen molar-refractivity contribution in [3.8, 4) is 16.9 Å². The first-order valence-corrected chi connectivity index (χ1v) is 8.01. The highest BCUT2D eigenvalue weighted by molar-refractivity contribution is 5.79. The van der Waals surface area contributed by atoms with Gasteiger partial charge in [0.2, 0.25) is 0 Å². The van der Waals surface area contributed by atoms with Gasteiger partial charge in [0.1, 0.15) is 12.0 Å². The second-order valence-corrected chi connectivity index (χ2v) is 6.60. The van der Waals surface area contributed by atoms with Crippen molar-refractivity contribution in [3.05, 3.63) is 53.6 Å². The smallest absolute Gasteiger partial charge is 0.150 e. The molecule has 0 aromatic heterocycles. The lowest BCUT2D eigenvalue weighted by atomic mass is 9.70. The van der Waals surface area contributed by atoms with Crippen LogP contribution in [0.1, 0.15) is 54.9 Å². The van der Waals surface area contributed by atoms with Gasteiger partial charge >= 0.3 is 0 Å². The highest BCUT2D eigenvalue weighted by Crippen LogP contribution is 2.43. The van der Waals surface area contributed by atoms with Crippen molar-refractivity contribution in [3.63, 3.8) is 0 Å². The molecule has 2 nitrogen and oxygen atoms in total. The van der Waals surface area contributed by atoms with E-state index in [1.165, 1.54) is 19.3 Å². The van der Waals surface area contributed by atoms with Gasteiger partial charge in [0.25, 0.3) is 0 Å². The van der Waals surface area contributed by atoms with E-state index in [9.17, 15) is 9.90 Å². The van der Waals surface area contributed by atoms with E-state index in [0.29, 0.717) is 11.3 Å². The van der Waals surface area contributed by atoms with E-state index >= 15 is 0 Å². The van der Waals surface area contributed by atoms with Gasteiger partial charge in [-0.05, 0) is 47.6 Å². The quantitative estimate of drug-likeness (QED) is 0.800. The highest BCUT2D eigenvalue weighted by Gasteiger charge is 2.31. The van der Waals surface area contributed by atoms with Crippen LogP contribution in [0.2, 0.25) is 0 Å². The fourth-order valence-corrected chi connectivity index (χ4v) is 3.59. The Balaban J connectivity index is 2.04. The van der Waals surface area contributed by atoms with E-state index in [2.05, 4.69) is 13.0 Å². The van der Waals surface area contributed by atoms with Crippen LogP contribution >= 0.6 is 0 Å². The van der Waals surface area contributed by atoms with Crippen molar-refractivity contribution in [1.82, 2.24) is 0 Å². The predicted molar refractivity (Wildman–Crippen MR) is 89.4 cm³/mol. The molecule has 1 aliphatic carbocycles. The molecule has 2 aromatic rings. The number of hydrogen-bond donors (Lipinski definition) is 1. The van der Waals surface area contributed by atoms with Crippen LogP contribution in [0.4, 0.5) is 0 Å². The SMILES string of the molecule is CC1(c2cc(-c3cccc(C=O)c3)ccc2O)CCCCC1. The second-order valence-electron chi connectivity index (χ2n) is 6.60. The Morgan fingerprint density at radius 3 is 2.45 bits per heavy atom. The maximum atomic E-state index is 11.0. The summed E-state index contributed by atoms with van der Waals surface area (Å²) in [4.78, 5) is 11.0. The minimum Gasteiger partial charge on any atom is -0.508 e. The topological polar surface area (TPSA) is 37.3 Å². The van der Waals surface area contributed by atoms with Crippen molar-refractivity contribution in [2.24, 2.45) is 0 Å². The molecule has 1 saturated carbocycles. The number of aromatic hydroxyl groups is 1. The number of benzene rings is 2. The van der Waals surface area contributed by atoms with Crippen LogP contribution in [0.5, 0.6) is 5.75 Å². The predicted octanol–water partition coefficient (Wildman–Crippen LogP) is 5.09. The molecule has 0 bridgehead atoms. The highest BCUT2D eigenvalue weighted by atomic mass is 16.3. The molecule has 0 aliphatic heterocycles. The summed E-state index contributed by atoms with van der Waals surface area (Å²) in [5.41, 5.74) is 3.85. The number of phenolic OH excluding ortho intramolecular Hbond substituents is 1. The first-order chi connectivity index (χ1) is 10.6. The van der Waals surface area contributed by atoms with E-state index in [1.54, 1.807) is 12.1 Å². The largest absolute Gasteiger partial charge is 0.508 e. The normalized spacial score (nSPS) is 17.1. The van der Waals surface area contributed by atoms with E-state index in [-0.39, 0.29) is 5.41 Å². The van der Waals surface area contributed by atoms with Crippen molar-refractivity contribution in [1.29, 1.82) is 0 Å². The summed E-state index contributed by atoms with van der Waals surface area (Å²) >= 11 is 0. The van der Waals surface area contributed by atoms with Gasteiger partial charge in [0.15, 0.2) is 0 Å². The van der Waals surface area contributed by atoms with Crippen molar-refractivity contribution in [2.45, 2.75) is 44.4 Å². The number of carbonyl (C=O) groups is 1. The van der Waals surface area contributed by atoms with Crippen molar-refractivity contribution >= 4 is 6.29 Å². The summed E-state index contributed by atoms with van der Waals surface area (Å²) in [6.07, 6.45) is 6.85. The maximum Gasteiger partial charge on any atom is 0.150 e. The van der Waals surface area contributed by atoms with Gasteiger partial charge in [-0.2, -0.15) is 0 Å². The van der Waals surface area contributed by atoms with Crippen molar-refractivity contribution < 1.29 is 9.90 Å². The van der Waals surface area contributed by atoms with E-state index < -0.39 is 0 Å². The molecule has 3 rings (SSSR count). The van der Waals surface area contributed by atoms with Gasteiger partial charge in [-0.3, -0.25) is 4.79 Å². The summed E-state index contributed by atoms with van der Waals surface area (Å²) in [5.74, 6) is 0.389. The minimum absolute atomic E-state index is 0.0562.